The quantitative estimate of drug-likeness (QED) is 0.274. The zero-order chi connectivity index (χ0) is 30.9. The third kappa shape index (κ3) is 3.77. The van der Waals surface area contributed by atoms with E-state index in [4.69, 9.17) is 9.47 Å². The summed E-state index contributed by atoms with van der Waals surface area (Å²) in [5.74, 6) is -0.624. The lowest BCUT2D eigenvalue weighted by atomic mass is 9.81. The number of alkyl halides is 4. The highest BCUT2D eigenvalue weighted by Gasteiger charge is 2.68. The summed E-state index contributed by atoms with van der Waals surface area (Å²) >= 11 is 15.0. The van der Waals surface area contributed by atoms with Gasteiger partial charge in [0.05, 0.1) is 49.3 Å². The van der Waals surface area contributed by atoms with Crippen LogP contribution in [-0.4, -0.2) is 57.2 Å². The summed E-state index contributed by atoms with van der Waals surface area (Å²) in [6.07, 6.45) is 1.73. The van der Waals surface area contributed by atoms with E-state index in [0.717, 1.165) is 24.0 Å². The molecule has 12 heteroatoms. The van der Waals surface area contributed by atoms with Crippen molar-refractivity contribution in [2.45, 2.75) is 32.2 Å². The summed E-state index contributed by atoms with van der Waals surface area (Å²) in [6, 6.07) is 10.8. The third-order valence-electron chi connectivity index (χ3n) is 11.1. The average Bonchev–Trinajstić information content (AvgIpc) is 3.84. The molecule has 12 atom stereocenters. The number of carbonyl (C=O) groups excluding carboxylic acids is 4. The van der Waals surface area contributed by atoms with Gasteiger partial charge in [-0.25, -0.2) is 9.80 Å². The van der Waals surface area contributed by atoms with E-state index in [1.807, 2.05) is 12.1 Å². The summed E-state index contributed by atoms with van der Waals surface area (Å²) in [4.78, 5) is 57.9. The van der Waals surface area contributed by atoms with Crippen molar-refractivity contribution in [2.24, 2.45) is 47.3 Å². The second-order valence-electron chi connectivity index (χ2n) is 12.8. The Morgan fingerprint density at radius 1 is 0.545 bits per heavy atom. The molecule has 4 aliphatic carbocycles. The molecule has 4 amide bonds. The smallest absolute Gasteiger partial charge is 0.238 e. The van der Waals surface area contributed by atoms with Crippen molar-refractivity contribution >= 4 is 98.7 Å². The maximum Gasteiger partial charge on any atom is 0.238 e. The lowest BCUT2D eigenvalue weighted by Gasteiger charge is -2.28. The number of hydrogen-bond donors (Lipinski definition) is 0. The number of fused-ring (bicyclic) bond motifs is 10. The minimum atomic E-state index is -0.321. The molecule has 2 aromatic rings. The Bertz CT molecular complexity index is 1470. The molecule has 230 valence electrons. The number of amides is 4. The Morgan fingerprint density at radius 2 is 0.841 bits per heavy atom. The number of carbonyl (C=O) groups is 4. The van der Waals surface area contributed by atoms with Crippen LogP contribution in [0.3, 0.4) is 0 Å². The van der Waals surface area contributed by atoms with E-state index in [9.17, 15) is 19.2 Å². The summed E-state index contributed by atoms with van der Waals surface area (Å²) in [5.41, 5.74) is 2.42. The average molecular weight is 856 g/mol. The van der Waals surface area contributed by atoms with Gasteiger partial charge in [0.2, 0.25) is 23.6 Å². The first-order valence-corrected chi connectivity index (χ1v) is 18.4. The molecule has 2 aliphatic heterocycles. The molecule has 6 fully saturated rings. The first kappa shape index (κ1) is 29.6. The molecule has 8 nitrogen and oxygen atoms in total. The van der Waals surface area contributed by atoms with Crippen molar-refractivity contribution in [1.82, 2.24) is 0 Å². The minimum absolute atomic E-state index is 0.123. The van der Waals surface area contributed by atoms with Gasteiger partial charge in [-0.1, -0.05) is 75.9 Å². The molecule has 0 spiro atoms. The van der Waals surface area contributed by atoms with Crippen LogP contribution in [0.4, 0.5) is 11.4 Å². The molecule has 2 aromatic carbocycles. The first-order chi connectivity index (χ1) is 21.1. The van der Waals surface area contributed by atoms with Gasteiger partial charge >= 0.3 is 0 Å². The van der Waals surface area contributed by atoms with Crippen LogP contribution in [0.2, 0.25) is 0 Å². The highest BCUT2D eigenvalue weighted by atomic mass is 79.9. The number of imide groups is 2. The fraction of sp³-hybridized carbons (Fsp3) is 0.500. The number of nitrogens with zero attached hydrogens (tertiary/aromatic N) is 2. The second-order valence-corrected chi connectivity index (χ2v) is 17.0. The highest BCUT2D eigenvalue weighted by Crippen LogP contribution is 2.62. The molecule has 44 heavy (non-hydrogen) atoms. The maximum atomic E-state index is 13.6. The molecule has 0 unspecified atom stereocenters. The zero-order valence-corrected chi connectivity index (χ0v) is 30.0. The predicted molar refractivity (Wildman–Crippen MR) is 178 cm³/mol. The molecule has 0 radical (unpaired) electrons. The van der Waals surface area contributed by atoms with Gasteiger partial charge in [0.15, 0.2) is 0 Å². The number of hydrogen-bond acceptors (Lipinski definition) is 6. The monoisotopic (exact) mass is 852 g/mol. The van der Waals surface area contributed by atoms with E-state index < -0.39 is 0 Å². The molecule has 6 aliphatic rings. The minimum Gasteiger partial charge on any atom is -0.495 e. The van der Waals surface area contributed by atoms with E-state index in [-0.39, 0.29) is 90.3 Å². The lowest BCUT2D eigenvalue weighted by molar-refractivity contribution is -0.124. The summed E-state index contributed by atoms with van der Waals surface area (Å²) in [6.45, 7) is 0. The summed E-state index contributed by atoms with van der Waals surface area (Å²) in [7, 11) is 3.04. The van der Waals surface area contributed by atoms with Crippen LogP contribution >= 0.6 is 63.7 Å². The zero-order valence-electron chi connectivity index (χ0n) is 23.7. The van der Waals surface area contributed by atoms with Gasteiger partial charge in [-0.15, -0.1) is 0 Å². The van der Waals surface area contributed by atoms with E-state index >= 15 is 0 Å². The molecular weight excluding hydrogens is 828 g/mol. The molecule has 4 saturated carbocycles. The molecule has 2 saturated heterocycles. The van der Waals surface area contributed by atoms with Crippen molar-refractivity contribution in [3.63, 3.8) is 0 Å². The number of halogens is 4. The van der Waals surface area contributed by atoms with Gasteiger partial charge in [0.25, 0.3) is 0 Å². The van der Waals surface area contributed by atoms with E-state index in [2.05, 4.69) is 63.7 Å². The van der Waals surface area contributed by atoms with Gasteiger partial charge < -0.3 is 9.47 Å². The molecule has 2 heterocycles. The Kier molecular flexibility index (Phi) is 6.98. The Hall–Kier alpha value is -1.76. The number of benzene rings is 2. The van der Waals surface area contributed by atoms with Crippen LogP contribution in [0.15, 0.2) is 36.4 Å². The fourth-order valence-corrected chi connectivity index (χ4v) is 13.0. The first-order valence-electron chi connectivity index (χ1n) is 14.8. The van der Waals surface area contributed by atoms with Crippen molar-refractivity contribution in [1.29, 1.82) is 0 Å². The summed E-state index contributed by atoms with van der Waals surface area (Å²) < 4.78 is 11.4. The number of rotatable bonds is 5. The lowest BCUT2D eigenvalue weighted by Crippen LogP contribution is -2.37. The van der Waals surface area contributed by atoms with Crippen LogP contribution in [-0.2, 0) is 19.2 Å². The molecule has 0 aromatic heterocycles. The fourth-order valence-electron chi connectivity index (χ4n) is 9.26. The van der Waals surface area contributed by atoms with E-state index in [1.165, 1.54) is 24.0 Å². The van der Waals surface area contributed by atoms with Gasteiger partial charge in [-0.3, -0.25) is 19.2 Å². The molecule has 8 rings (SSSR count). The van der Waals surface area contributed by atoms with Crippen LogP contribution in [0.1, 0.15) is 12.8 Å². The molecule has 0 N–H and O–H groups in total. The van der Waals surface area contributed by atoms with Crippen molar-refractivity contribution < 1.29 is 28.7 Å². The molecule has 4 bridgehead atoms. The second kappa shape index (κ2) is 10.4. The standard InChI is InChI=1S/C32H28Br4N2O6/c1-43-19-7-11(3-5-17(19)37-29(39)21-13-9-14(22(21)30(37)40)26(34)25(13)33)12-4-6-18(20(8-12)44-2)38-31(41)23-15-10-16(24(23)32(38)42)28(36)27(15)35/h3-8,13-16,21-28H,9-10H2,1-2H3/t13-,14-,15-,16-,21-,22+,23-,24+,25-,26+,27-,28+/m1/s1. The van der Waals surface area contributed by atoms with E-state index in [0.29, 0.717) is 22.9 Å². The third-order valence-corrected chi connectivity index (χ3v) is 17.6. The SMILES string of the molecule is COc1cc(-c2ccc(N3C(=O)[C@@H]4[C@H]5C[C@@H]([C@H](Br)[C@@H]5Br)[C@@H]4C3=O)c(OC)c2)ccc1N1C(=O)[C@@H]2[C@H]3C[C@@H]([C@H](Br)[C@@H]3Br)[C@@H]2C1=O. The van der Waals surface area contributed by atoms with Gasteiger partial charge in [0.1, 0.15) is 11.5 Å². The van der Waals surface area contributed by atoms with Gasteiger partial charge in [0, 0.05) is 19.3 Å². The number of methoxy groups -OCH3 is 2. The van der Waals surface area contributed by atoms with Crippen molar-refractivity contribution in [3.05, 3.63) is 36.4 Å². The predicted octanol–water partition coefficient (Wildman–Crippen LogP) is 5.94. The van der Waals surface area contributed by atoms with Gasteiger partial charge in [-0.2, -0.15) is 0 Å². The van der Waals surface area contributed by atoms with Crippen molar-refractivity contribution in [2.75, 3.05) is 24.0 Å². The largest absolute Gasteiger partial charge is 0.495 e. The van der Waals surface area contributed by atoms with Crippen LogP contribution in [0, 0.1) is 47.3 Å². The van der Waals surface area contributed by atoms with Crippen LogP contribution in [0.5, 0.6) is 11.5 Å². The number of anilines is 2. The van der Waals surface area contributed by atoms with E-state index in [1.54, 1.807) is 24.3 Å². The normalized spacial score (nSPS) is 40.0. The number of ether oxygens (including phenoxy) is 2. The summed E-state index contributed by atoms with van der Waals surface area (Å²) in [5, 5.41) is 0. The Morgan fingerprint density at radius 3 is 1.11 bits per heavy atom. The molecular formula is C32H28Br4N2O6. The Balaban J connectivity index is 1.10. The maximum absolute atomic E-state index is 13.6. The van der Waals surface area contributed by atoms with Crippen LogP contribution in [0.25, 0.3) is 11.1 Å². The topological polar surface area (TPSA) is 93.2 Å². The van der Waals surface area contributed by atoms with Crippen LogP contribution < -0.4 is 19.3 Å². The highest BCUT2D eigenvalue weighted by molar-refractivity contribution is 9.12. The van der Waals surface area contributed by atoms with Crippen molar-refractivity contribution in [3.8, 4) is 22.6 Å². The Labute approximate surface area is 288 Å². The van der Waals surface area contributed by atoms with Gasteiger partial charge in [-0.05, 0) is 71.9 Å².